The van der Waals surface area contributed by atoms with Crippen molar-refractivity contribution in [2.75, 3.05) is 29.9 Å². The molecule has 1 N–H and O–H groups in total. The molecule has 0 unspecified atom stereocenters. The SMILES string of the molecule is O=C(Nc1ccc(N2CCCCC2)cc1)c1ccc(CN2CCCC2=O)cc1. The number of hydrogen-bond donors (Lipinski definition) is 1. The van der Waals surface area contributed by atoms with Crippen molar-refractivity contribution in [3.8, 4) is 0 Å². The molecule has 0 atom stereocenters. The van der Waals surface area contributed by atoms with Crippen LogP contribution in [0.25, 0.3) is 0 Å². The Bertz CT molecular complexity index is 824. The van der Waals surface area contributed by atoms with E-state index in [0.717, 1.165) is 37.3 Å². The minimum Gasteiger partial charge on any atom is -0.372 e. The molecule has 146 valence electrons. The highest BCUT2D eigenvalue weighted by Crippen LogP contribution is 2.22. The topological polar surface area (TPSA) is 52.7 Å². The molecule has 0 aromatic heterocycles. The van der Waals surface area contributed by atoms with Crippen molar-refractivity contribution in [2.45, 2.75) is 38.6 Å². The van der Waals surface area contributed by atoms with E-state index in [1.54, 1.807) is 0 Å². The average molecular weight is 377 g/mol. The van der Waals surface area contributed by atoms with Gasteiger partial charge in [0.15, 0.2) is 0 Å². The lowest BCUT2D eigenvalue weighted by Gasteiger charge is -2.28. The number of nitrogens with one attached hydrogen (secondary N) is 1. The van der Waals surface area contributed by atoms with Crippen molar-refractivity contribution >= 4 is 23.2 Å². The summed E-state index contributed by atoms with van der Waals surface area (Å²) in [6.45, 7) is 3.68. The number of amides is 2. The van der Waals surface area contributed by atoms with Gasteiger partial charge in [-0.25, -0.2) is 0 Å². The van der Waals surface area contributed by atoms with Gasteiger partial charge in [-0.1, -0.05) is 12.1 Å². The highest BCUT2D eigenvalue weighted by atomic mass is 16.2. The Balaban J connectivity index is 1.34. The summed E-state index contributed by atoms with van der Waals surface area (Å²) in [4.78, 5) is 28.5. The van der Waals surface area contributed by atoms with Crippen LogP contribution in [0.2, 0.25) is 0 Å². The molecule has 2 saturated heterocycles. The van der Waals surface area contributed by atoms with E-state index in [-0.39, 0.29) is 11.8 Å². The van der Waals surface area contributed by atoms with Gasteiger partial charge in [0.25, 0.3) is 5.91 Å². The summed E-state index contributed by atoms with van der Waals surface area (Å²) in [5.74, 6) is 0.101. The molecule has 0 radical (unpaired) electrons. The summed E-state index contributed by atoms with van der Waals surface area (Å²) in [5.41, 5.74) is 3.70. The Hall–Kier alpha value is -2.82. The van der Waals surface area contributed by atoms with E-state index >= 15 is 0 Å². The summed E-state index contributed by atoms with van der Waals surface area (Å²) in [6.07, 6.45) is 5.41. The van der Waals surface area contributed by atoms with Crippen molar-refractivity contribution in [1.29, 1.82) is 0 Å². The van der Waals surface area contributed by atoms with Crippen LogP contribution >= 0.6 is 0 Å². The highest BCUT2D eigenvalue weighted by Gasteiger charge is 2.20. The molecule has 0 spiro atoms. The van der Waals surface area contributed by atoms with E-state index < -0.39 is 0 Å². The Morgan fingerprint density at radius 1 is 0.857 bits per heavy atom. The van der Waals surface area contributed by atoms with Crippen molar-refractivity contribution in [2.24, 2.45) is 0 Å². The molecule has 2 aromatic rings. The maximum absolute atomic E-state index is 12.5. The number of benzene rings is 2. The number of hydrogen-bond acceptors (Lipinski definition) is 3. The zero-order valence-electron chi connectivity index (χ0n) is 16.2. The fourth-order valence-electron chi connectivity index (χ4n) is 3.96. The Labute approximate surface area is 166 Å². The third-order valence-corrected chi connectivity index (χ3v) is 5.61. The molecule has 2 amide bonds. The smallest absolute Gasteiger partial charge is 0.255 e. The fraction of sp³-hybridized carbons (Fsp3) is 0.391. The van der Waals surface area contributed by atoms with Crippen LogP contribution in [0.5, 0.6) is 0 Å². The first-order chi connectivity index (χ1) is 13.7. The van der Waals surface area contributed by atoms with Crippen LogP contribution in [-0.4, -0.2) is 36.3 Å². The highest BCUT2D eigenvalue weighted by molar-refractivity contribution is 6.04. The summed E-state index contributed by atoms with van der Waals surface area (Å²) in [7, 11) is 0. The van der Waals surface area contributed by atoms with Crippen LogP contribution in [0.3, 0.4) is 0 Å². The molecule has 2 heterocycles. The standard InChI is InChI=1S/C23H27N3O2/c27-22-5-4-16-26(22)17-18-6-8-19(9-7-18)23(28)24-20-10-12-21(13-11-20)25-14-2-1-3-15-25/h6-13H,1-5,14-17H2,(H,24,28). The number of likely N-dealkylation sites (tertiary alicyclic amines) is 1. The van der Waals surface area contributed by atoms with E-state index in [9.17, 15) is 9.59 Å². The van der Waals surface area contributed by atoms with Crippen LogP contribution in [0.4, 0.5) is 11.4 Å². The maximum atomic E-state index is 12.5. The Morgan fingerprint density at radius 2 is 1.57 bits per heavy atom. The van der Waals surface area contributed by atoms with Gasteiger partial charge in [0.2, 0.25) is 5.91 Å². The average Bonchev–Trinajstić information content (AvgIpc) is 3.14. The molecule has 0 bridgehead atoms. The monoisotopic (exact) mass is 377 g/mol. The van der Waals surface area contributed by atoms with Crippen molar-refractivity contribution in [3.63, 3.8) is 0 Å². The summed E-state index contributed by atoms with van der Waals surface area (Å²) >= 11 is 0. The van der Waals surface area contributed by atoms with Gasteiger partial charge in [-0.05, 0) is 67.6 Å². The summed E-state index contributed by atoms with van der Waals surface area (Å²) < 4.78 is 0. The Kier molecular flexibility index (Phi) is 5.60. The first kappa shape index (κ1) is 18.5. The molecule has 4 rings (SSSR count). The summed E-state index contributed by atoms with van der Waals surface area (Å²) in [6, 6.07) is 15.6. The molecule has 0 saturated carbocycles. The normalized spacial score (nSPS) is 17.1. The molecule has 0 aliphatic carbocycles. The zero-order valence-corrected chi connectivity index (χ0v) is 16.2. The lowest BCUT2D eigenvalue weighted by molar-refractivity contribution is -0.128. The van der Waals surface area contributed by atoms with Gasteiger partial charge in [0, 0.05) is 49.5 Å². The van der Waals surface area contributed by atoms with E-state index in [1.165, 1.54) is 24.9 Å². The first-order valence-corrected chi connectivity index (χ1v) is 10.2. The molecule has 2 aliphatic heterocycles. The second kappa shape index (κ2) is 8.46. The van der Waals surface area contributed by atoms with Crippen LogP contribution in [-0.2, 0) is 11.3 Å². The number of anilines is 2. The number of nitrogens with zero attached hydrogens (tertiary/aromatic N) is 2. The predicted octanol–water partition coefficient (Wildman–Crippen LogP) is 4.05. The largest absolute Gasteiger partial charge is 0.372 e. The fourth-order valence-corrected chi connectivity index (χ4v) is 3.96. The van der Waals surface area contributed by atoms with Gasteiger partial charge in [-0.3, -0.25) is 9.59 Å². The molecule has 28 heavy (non-hydrogen) atoms. The van der Waals surface area contributed by atoms with Crippen molar-refractivity contribution < 1.29 is 9.59 Å². The molecule has 2 fully saturated rings. The molecular formula is C23H27N3O2. The minimum absolute atomic E-state index is 0.116. The molecule has 2 aromatic carbocycles. The first-order valence-electron chi connectivity index (χ1n) is 10.2. The molecule has 5 heteroatoms. The van der Waals surface area contributed by atoms with Gasteiger partial charge in [-0.2, -0.15) is 0 Å². The lowest BCUT2D eigenvalue weighted by Crippen LogP contribution is -2.29. The van der Waals surface area contributed by atoms with Crippen LogP contribution in [0.1, 0.15) is 48.0 Å². The van der Waals surface area contributed by atoms with Crippen molar-refractivity contribution in [1.82, 2.24) is 4.90 Å². The molecule has 5 nitrogen and oxygen atoms in total. The zero-order chi connectivity index (χ0) is 19.3. The van der Waals surface area contributed by atoms with Crippen LogP contribution in [0, 0.1) is 0 Å². The van der Waals surface area contributed by atoms with E-state index in [1.807, 2.05) is 41.3 Å². The third kappa shape index (κ3) is 4.35. The number of piperidine rings is 1. The molecule has 2 aliphatic rings. The van der Waals surface area contributed by atoms with Gasteiger partial charge in [0.05, 0.1) is 0 Å². The number of carbonyl (C=O) groups is 2. The second-order valence-electron chi connectivity index (χ2n) is 7.66. The van der Waals surface area contributed by atoms with Gasteiger partial charge in [-0.15, -0.1) is 0 Å². The van der Waals surface area contributed by atoms with Gasteiger partial charge >= 0.3 is 0 Å². The third-order valence-electron chi connectivity index (χ3n) is 5.61. The van der Waals surface area contributed by atoms with E-state index in [2.05, 4.69) is 22.3 Å². The van der Waals surface area contributed by atoms with E-state index in [4.69, 9.17) is 0 Å². The predicted molar refractivity (Wildman–Crippen MR) is 112 cm³/mol. The van der Waals surface area contributed by atoms with Gasteiger partial charge < -0.3 is 15.1 Å². The quantitative estimate of drug-likeness (QED) is 0.855. The molecular weight excluding hydrogens is 350 g/mol. The minimum atomic E-state index is -0.116. The van der Waals surface area contributed by atoms with Crippen LogP contribution in [0.15, 0.2) is 48.5 Å². The number of rotatable bonds is 5. The lowest BCUT2D eigenvalue weighted by atomic mass is 10.1. The van der Waals surface area contributed by atoms with Crippen LogP contribution < -0.4 is 10.2 Å². The van der Waals surface area contributed by atoms with Crippen molar-refractivity contribution in [3.05, 3.63) is 59.7 Å². The second-order valence-corrected chi connectivity index (χ2v) is 7.66. The summed E-state index contributed by atoms with van der Waals surface area (Å²) in [5, 5.41) is 2.97. The Morgan fingerprint density at radius 3 is 2.21 bits per heavy atom. The maximum Gasteiger partial charge on any atom is 0.255 e. The number of carbonyl (C=O) groups excluding carboxylic acids is 2. The van der Waals surface area contributed by atoms with E-state index in [0.29, 0.717) is 18.5 Å². The van der Waals surface area contributed by atoms with Gasteiger partial charge in [0.1, 0.15) is 0 Å².